The molecule has 2 aliphatic rings. The van der Waals surface area contributed by atoms with E-state index in [1.54, 1.807) is 17.3 Å². The summed E-state index contributed by atoms with van der Waals surface area (Å²) in [7, 11) is 0. The predicted octanol–water partition coefficient (Wildman–Crippen LogP) is 6.32. The maximum absolute atomic E-state index is 13.0. The van der Waals surface area contributed by atoms with E-state index in [1.165, 1.54) is 12.8 Å². The zero-order valence-electron chi connectivity index (χ0n) is 26.7. The molecule has 5 heterocycles. The quantitative estimate of drug-likeness (QED) is 0.267. The Kier molecular flexibility index (Phi) is 8.36. The van der Waals surface area contributed by atoms with Gasteiger partial charge >= 0.3 is 11.8 Å². The fourth-order valence-corrected chi connectivity index (χ4v) is 6.80. The number of nitrogens with zero attached hydrogens (tertiary/aromatic N) is 7. The van der Waals surface area contributed by atoms with E-state index in [0.29, 0.717) is 47.5 Å². The lowest BCUT2D eigenvalue weighted by Crippen LogP contribution is -2.55. The number of pyridine rings is 2. The van der Waals surface area contributed by atoms with Crippen molar-refractivity contribution in [2.24, 2.45) is 11.8 Å². The number of hydrogen-bond acceptors (Lipinski definition) is 9. The van der Waals surface area contributed by atoms with Gasteiger partial charge in [-0.15, -0.1) is 0 Å². The van der Waals surface area contributed by atoms with Crippen molar-refractivity contribution in [2.75, 3.05) is 24.5 Å². The normalized spacial score (nSPS) is 21.7. The van der Waals surface area contributed by atoms with Crippen LogP contribution in [0.15, 0.2) is 33.8 Å². The summed E-state index contributed by atoms with van der Waals surface area (Å²) in [5, 5.41) is 4.38. The Labute approximate surface area is 267 Å². The van der Waals surface area contributed by atoms with Crippen molar-refractivity contribution < 1.29 is 14.1 Å². The van der Waals surface area contributed by atoms with E-state index in [0.717, 1.165) is 35.8 Å². The monoisotopic (exact) mass is 636 g/mol. The molecular formula is C32H41ClN8O4. The van der Waals surface area contributed by atoms with Crippen LogP contribution in [0.5, 0.6) is 0 Å². The van der Waals surface area contributed by atoms with Gasteiger partial charge < -0.3 is 19.1 Å². The molecule has 1 aliphatic heterocycles. The summed E-state index contributed by atoms with van der Waals surface area (Å²) in [4.78, 5) is 46.1. The number of piperazine rings is 1. The average molecular weight is 637 g/mol. The van der Waals surface area contributed by atoms with E-state index in [-0.39, 0.29) is 24.0 Å². The molecule has 45 heavy (non-hydrogen) atoms. The number of aromatic amines is 1. The van der Waals surface area contributed by atoms with Gasteiger partial charge in [-0.2, -0.15) is 0 Å². The molecule has 4 aromatic heterocycles. The lowest BCUT2D eigenvalue weighted by atomic mass is 9.79. The first-order chi connectivity index (χ1) is 21.4. The summed E-state index contributed by atoms with van der Waals surface area (Å²) >= 11 is 6.43. The molecule has 1 amide bonds. The molecule has 1 N–H and O–H groups in total. The van der Waals surface area contributed by atoms with Crippen LogP contribution >= 0.6 is 11.6 Å². The summed E-state index contributed by atoms with van der Waals surface area (Å²) in [6, 6.07) is 3.75. The van der Waals surface area contributed by atoms with Crippen LogP contribution in [0.4, 0.5) is 10.7 Å². The molecule has 0 radical (unpaired) electrons. The molecule has 0 bridgehead atoms. The molecule has 12 nitrogen and oxygen atoms in total. The zero-order valence-corrected chi connectivity index (χ0v) is 27.5. The smallest absolute Gasteiger partial charge is 0.439 e. The number of H-pyrrole nitrogens is 1. The third-order valence-electron chi connectivity index (χ3n) is 9.00. The Bertz CT molecular complexity index is 1750. The highest BCUT2D eigenvalue weighted by molar-refractivity contribution is 6.30. The molecule has 13 heteroatoms. The first kappa shape index (κ1) is 31.1. The zero-order chi connectivity index (χ0) is 32.0. The van der Waals surface area contributed by atoms with Gasteiger partial charge in [0, 0.05) is 49.7 Å². The number of anilines is 1. The molecule has 4 aromatic rings. The lowest BCUT2D eigenvalue weighted by Gasteiger charge is -2.42. The van der Waals surface area contributed by atoms with Gasteiger partial charge in [0.1, 0.15) is 11.3 Å². The van der Waals surface area contributed by atoms with Crippen LogP contribution in [0.2, 0.25) is 5.02 Å². The fraction of sp³-hybridized carbons (Fsp3) is 0.562. The largest absolute Gasteiger partial charge is 0.444 e. The van der Waals surface area contributed by atoms with Gasteiger partial charge in [-0.1, -0.05) is 36.5 Å². The maximum atomic E-state index is 13.0. The molecule has 1 unspecified atom stereocenters. The Morgan fingerprint density at radius 1 is 1.11 bits per heavy atom. The number of rotatable bonds is 5. The van der Waals surface area contributed by atoms with Gasteiger partial charge in [0.15, 0.2) is 0 Å². The number of ether oxygens (including phenoxy) is 1. The van der Waals surface area contributed by atoms with Gasteiger partial charge in [0.2, 0.25) is 11.8 Å². The molecule has 1 saturated carbocycles. The highest BCUT2D eigenvalue weighted by Gasteiger charge is 2.36. The van der Waals surface area contributed by atoms with Gasteiger partial charge in [-0.25, -0.2) is 19.6 Å². The molecule has 2 fully saturated rings. The van der Waals surface area contributed by atoms with Crippen molar-refractivity contribution in [3.05, 3.63) is 40.1 Å². The van der Waals surface area contributed by atoms with E-state index in [2.05, 4.69) is 45.4 Å². The van der Waals surface area contributed by atoms with Gasteiger partial charge in [0.05, 0.1) is 21.7 Å². The summed E-state index contributed by atoms with van der Waals surface area (Å²) in [6.45, 7) is 13.9. The summed E-state index contributed by atoms with van der Waals surface area (Å²) in [6.07, 6.45) is 7.64. The minimum absolute atomic E-state index is 0.0315. The third kappa shape index (κ3) is 6.43. The average Bonchev–Trinajstić information content (AvgIpc) is 3.59. The fourth-order valence-electron chi connectivity index (χ4n) is 6.63. The Balaban J connectivity index is 1.50. The number of halogens is 1. The summed E-state index contributed by atoms with van der Waals surface area (Å²) in [5.41, 5.74) is 2.77. The predicted molar refractivity (Wildman–Crippen MR) is 172 cm³/mol. The molecule has 1 aliphatic carbocycles. The minimum Gasteiger partial charge on any atom is -0.444 e. The van der Waals surface area contributed by atoms with E-state index in [9.17, 15) is 9.59 Å². The van der Waals surface area contributed by atoms with E-state index in [4.69, 9.17) is 30.8 Å². The molecule has 6 rings (SSSR count). The topological polar surface area (TPSA) is 135 Å². The first-order valence-electron chi connectivity index (χ1n) is 15.7. The van der Waals surface area contributed by atoms with Crippen molar-refractivity contribution in [3.63, 3.8) is 0 Å². The SMILES string of the molecule is CC([C@H]1CC[C@H](C)CC1)n1c(N2CCN(C(=O)OC(C)(C)C)C[C@H]2C)nc2cc(-c3noc(=O)[nH]3)nc(-c3cncc(Cl)c3)c21. The van der Waals surface area contributed by atoms with Crippen molar-refractivity contribution in [1.29, 1.82) is 0 Å². The Morgan fingerprint density at radius 3 is 2.51 bits per heavy atom. The second kappa shape index (κ2) is 12.1. The standard InChI is InChI=1S/C32H41ClN8O4/c1-18-7-9-21(10-8-18)20(3)41-27-24(36-29(41)40-12-11-39(17-19(40)2)31(43)44-32(4,5)6)14-25(28-37-30(42)45-38-28)35-26(27)22-13-23(33)16-34-15-22/h13-16,18-21H,7-12,17H2,1-6H3,(H,37,38,42)/t18-,19-,20?,21-/m1/s1. The molecule has 2 atom stereocenters. The number of carbonyl (C=O) groups is 1. The summed E-state index contributed by atoms with van der Waals surface area (Å²) < 4.78 is 12.8. The van der Waals surface area contributed by atoms with Crippen LogP contribution < -0.4 is 10.7 Å². The highest BCUT2D eigenvalue weighted by Crippen LogP contribution is 2.42. The molecular weight excluding hydrogens is 596 g/mol. The van der Waals surface area contributed by atoms with Crippen LogP contribution in [-0.4, -0.2) is 71.9 Å². The van der Waals surface area contributed by atoms with Crippen molar-refractivity contribution in [2.45, 2.75) is 84.9 Å². The summed E-state index contributed by atoms with van der Waals surface area (Å²) in [5.74, 6) is 1.53. The molecule has 240 valence electrons. The van der Waals surface area contributed by atoms with Gasteiger partial charge in [-0.3, -0.25) is 14.5 Å². The molecule has 0 spiro atoms. The van der Waals surface area contributed by atoms with Crippen LogP contribution in [0.25, 0.3) is 33.8 Å². The van der Waals surface area contributed by atoms with Gasteiger partial charge in [-0.05, 0) is 71.4 Å². The lowest BCUT2D eigenvalue weighted by molar-refractivity contribution is 0.0217. The number of amides is 1. The highest BCUT2D eigenvalue weighted by atomic mass is 35.5. The van der Waals surface area contributed by atoms with Gasteiger partial charge in [0.25, 0.3) is 0 Å². The second-order valence-electron chi connectivity index (χ2n) is 13.6. The second-order valence-corrected chi connectivity index (χ2v) is 14.0. The van der Waals surface area contributed by atoms with Crippen molar-refractivity contribution >= 4 is 34.7 Å². The molecule has 0 aromatic carbocycles. The van der Waals surface area contributed by atoms with Crippen LogP contribution in [0, 0.1) is 11.8 Å². The van der Waals surface area contributed by atoms with Crippen molar-refractivity contribution in [3.8, 4) is 22.8 Å². The van der Waals surface area contributed by atoms with Crippen LogP contribution in [0.1, 0.15) is 73.3 Å². The third-order valence-corrected chi connectivity index (χ3v) is 9.20. The van der Waals surface area contributed by atoms with Crippen LogP contribution in [0.3, 0.4) is 0 Å². The van der Waals surface area contributed by atoms with E-state index < -0.39 is 11.4 Å². The number of imidazole rings is 1. The Hall–Kier alpha value is -3.93. The van der Waals surface area contributed by atoms with E-state index >= 15 is 0 Å². The number of fused-ring (bicyclic) bond motifs is 1. The van der Waals surface area contributed by atoms with Crippen molar-refractivity contribution in [1.82, 2.24) is 34.6 Å². The molecule has 1 saturated heterocycles. The minimum atomic E-state index is -0.666. The number of hydrogen-bond donors (Lipinski definition) is 1. The number of carbonyl (C=O) groups excluding carboxylic acids is 1. The van der Waals surface area contributed by atoms with Crippen LogP contribution in [-0.2, 0) is 4.74 Å². The number of nitrogens with one attached hydrogen (secondary N) is 1. The Morgan fingerprint density at radius 2 is 1.87 bits per heavy atom. The van der Waals surface area contributed by atoms with E-state index in [1.807, 2.05) is 32.9 Å². The first-order valence-corrected chi connectivity index (χ1v) is 16.1. The maximum Gasteiger partial charge on any atom is 0.439 e. The number of aromatic nitrogens is 6.